The maximum Gasteiger partial charge on any atom is 0.443 e. The fraction of sp³-hybridized carbons (Fsp3) is 0.375. The summed E-state index contributed by atoms with van der Waals surface area (Å²) in [6, 6.07) is 0. The highest BCUT2D eigenvalue weighted by molar-refractivity contribution is 7.11. The average Bonchev–Trinajstić information content (AvgIpc) is 2.51. The molecule has 0 aliphatic heterocycles. The Balaban J connectivity index is 2.82. The normalized spacial score (nSPS) is 14.0. The van der Waals surface area contributed by atoms with Gasteiger partial charge in [-0.3, -0.25) is 0 Å². The van der Waals surface area contributed by atoms with Crippen LogP contribution in [-0.2, 0) is 6.18 Å². The van der Waals surface area contributed by atoms with E-state index in [2.05, 4.69) is 11.6 Å². The summed E-state index contributed by atoms with van der Waals surface area (Å²) in [5.74, 6) is 0. The summed E-state index contributed by atoms with van der Waals surface area (Å²) in [5, 5.41) is 8.40. The van der Waals surface area contributed by atoms with E-state index in [4.69, 9.17) is 0 Å². The summed E-state index contributed by atoms with van der Waals surface area (Å²) in [4.78, 5) is 3.40. The van der Waals surface area contributed by atoms with Crippen molar-refractivity contribution < 1.29 is 18.3 Å². The molecule has 0 spiro atoms. The molecule has 1 N–H and O–H groups in total. The Labute approximate surface area is 82.7 Å². The van der Waals surface area contributed by atoms with Gasteiger partial charge in [0.2, 0.25) is 0 Å². The monoisotopic (exact) mass is 223 g/mol. The van der Waals surface area contributed by atoms with Crippen molar-refractivity contribution in [3.05, 3.63) is 28.7 Å². The minimum Gasteiger partial charge on any atom is -0.387 e. The third-order valence-corrected chi connectivity index (χ3v) is 2.63. The maximum atomic E-state index is 12.1. The molecule has 1 heterocycles. The molecule has 0 amide bonds. The molecule has 6 heteroatoms. The Morgan fingerprint density at radius 3 is 2.71 bits per heavy atom. The van der Waals surface area contributed by atoms with E-state index in [0.717, 1.165) is 6.20 Å². The summed E-state index contributed by atoms with van der Waals surface area (Å²) in [5.41, 5.74) is 0. The van der Waals surface area contributed by atoms with Crippen LogP contribution < -0.4 is 0 Å². The SMILES string of the molecule is C=CCC(O)c1cnc(C(F)(F)F)s1. The molecular formula is C8H8F3NOS. The van der Waals surface area contributed by atoms with Crippen LogP contribution in [0.5, 0.6) is 0 Å². The summed E-state index contributed by atoms with van der Waals surface area (Å²) in [7, 11) is 0. The minimum atomic E-state index is -4.43. The number of rotatable bonds is 3. The number of hydrogen-bond acceptors (Lipinski definition) is 3. The van der Waals surface area contributed by atoms with E-state index >= 15 is 0 Å². The molecule has 0 saturated heterocycles. The zero-order valence-corrected chi connectivity index (χ0v) is 7.90. The molecule has 78 valence electrons. The molecular weight excluding hydrogens is 215 g/mol. The van der Waals surface area contributed by atoms with Gasteiger partial charge in [-0.15, -0.1) is 17.9 Å². The minimum absolute atomic E-state index is 0.206. The van der Waals surface area contributed by atoms with Gasteiger partial charge >= 0.3 is 6.18 Å². The lowest BCUT2D eigenvalue weighted by Crippen LogP contribution is -2.02. The van der Waals surface area contributed by atoms with Crippen molar-refractivity contribution >= 4 is 11.3 Å². The van der Waals surface area contributed by atoms with Gasteiger partial charge in [-0.2, -0.15) is 13.2 Å². The highest BCUT2D eigenvalue weighted by Gasteiger charge is 2.35. The van der Waals surface area contributed by atoms with E-state index in [9.17, 15) is 18.3 Å². The third kappa shape index (κ3) is 2.55. The fourth-order valence-corrected chi connectivity index (χ4v) is 1.63. The molecule has 1 unspecified atom stereocenters. The van der Waals surface area contributed by atoms with Gasteiger partial charge < -0.3 is 5.11 Å². The molecule has 0 fully saturated rings. The standard InChI is InChI=1S/C8H8F3NOS/c1-2-3-5(13)6-4-12-7(14-6)8(9,10)11/h2,4-5,13H,1,3H2. The Morgan fingerprint density at radius 2 is 2.29 bits per heavy atom. The van der Waals surface area contributed by atoms with Crippen LogP contribution in [-0.4, -0.2) is 10.1 Å². The highest BCUT2D eigenvalue weighted by Crippen LogP contribution is 2.34. The van der Waals surface area contributed by atoms with Crippen molar-refractivity contribution in [2.24, 2.45) is 0 Å². The predicted octanol–water partition coefficient (Wildman–Crippen LogP) is 2.77. The number of nitrogens with zero attached hydrogens (tertiary/aromatic N) is 1. The Morgan fingerprint density at radius 1 is 1.64 bits per heavy atom. The van der Waals surface area contributed by atoms with Crippen LogP contribution in [0.15, 0.2) is 18.9 Å². The van der Waals surface area contributed by atoms with Crippen LogP contribution >= 0.6 is 11.3 Å². The molecule has 0 aromatic carbocycles. The number of alkyl halides is 3. The number of aromatic nitrogens is 1. The fourth-order valence-electron chi connectivity index (χ4n) is 0.846. The van der Waals surface area contributed by atoms with Crippen molar-refractivity contribution in [2.75, 3.05) is 0 Å². The largest absolute Gasteiger partial charge is 0.443 e. The zero-order chi connectivity index (χ0) is 10.8. The van der Waals surface area contributed by atoms with E-state index < -0.39 is 17.3 Å². The second-order valence-electron chi connectivity index (χ2n) is 2.61. The first-order valence-corrected chi connectivity index (χ1v) is 4.58. The first-order chi connectivity index (χ1) is 6.45. The van der Waals surface area contributed by atoms with E-state index in [0.29, 0.717) is 11.3 Å². The topological polar surface area (TPSA) is 33.1 Å². The molecule has 2 nitrogen and oxygen atoms in total. The van der Waals surface area contributed by atoms with E-state index in [-0.39, 0.29) is 11.3 Å². The molecule has 1 aromatic rings. The van der Waals surface area contributed by atoms with Crippen LogP contribution in [0, 0.1) is 0 Å². The van der Waals surface area contributed by atoms with Gasteiger partial charge in [0.05, 0.1) is 11.0 Å². The number of aliphatic hydroxyl groups is 1. The van der Waals surface area contributed by atoms with Gasteiger partial charge in [0.15, 0.2) is 5.01 Å². The van der Waals surface area contributed by atoms with Gasteiger partial charge in [-0.25, -0.2) is 4.98 Å². The Kier molecular flexibility index (Phi) is 3.28. The van der Waals surface area contributed by atoms with E-state index in [1.165, 1.54) is 6.08 Å². The van der Waals surface area contributed by atoms with Crippen molar-refractivity contribution in [2.45, 2.75) is 18.7 Å². The molecule has 1 aromatic heterocycles. The summed E-state index contributed by atoms with van der Waals surface area (Å²) in [6.45, 7) is 3.38. The second-order valence-corrected chi connectivity index (χ2v) is 3.67. The lowest BCUT2D eigenvalue weighted by atomic mass is 10.2. The van der Waals surface area contributed by atoms with E-state index in [1.807, 2.05) is 0 Å². The number of hydrogen-bond donors (Lipinski definition) is 1. The van der Waals surface area contributed by atoms with Crippen molar-refractivity contribution in [1.29, 1.82) is 0 Å². The van der Waals surface area contributed by atoms with Gasteiger partial charge in [-0.1, -0.05) is 6.08 Å². The van der Waals surface area contributed by atoms with Gasteiger partial charge in [0.25, 0.3) is 0 Å². The highest BCUT2D eigenvalue weighted by atomic mass is 32.1. The first kappa shape index (κ1) is 11.2. The quantitative estimate of drug-likeness (QED) is 0.799. The smallest absolute Gasteiger partial charge is 0.387 e. The lowest BCUT2D eigenvalue weighted by molar-refractivity contribution is -0.137. The molecule has 1 atom stereocenters. The van der Waals surface area contributed by atoms with Crippen LogP contribution in [0.25, 0.3) is 0 Å². The summed E-state index contributed by atoms with van der Waals surface area (Å²) >= 11 is 0.454. The van der Waals surface area contributed by atoms with Crippen LogP contribution in [0.1, 0.15) is 22.4 Å². The predicted molar refractivity (Wildman–Crippen MR) is 46.9 cm³/mol. The van der Waals surface area contributed by atoms with E-state index in [1.54, 1.807) is 0 Å². The summed E-state index contributed by atoms with van der Waals surface area (Å²) in [6.07, 6.45) is -2.67. The van der Waals surface area contributed by atoms with Crippen molar-refractivity contribution in [1.82, 2.24) is 4.98 Å². The van der Waals surface area contributed by atoms with Crippen molar-refractivity contribution in [3.8, 4) is 0 Å². The van der Waals surface area contributed by atoms with Crippen LogP contribution in [0.3, 0.4) is 0 Å². The van der Waals surface area contributed by atoms with Crippen LogP contribution in [0.2, 0.25) is 0 Å². The van der Waals surface area contributed by atoms with Crippen LogP contribution in [0.4, 0.5) is 13.2 Å². The average molecular weight is 223 g/mol. The lowest BCUT2D eigenvalue weighted by Gasteiger charge is -2.03. The first-order valence-electron chi connectivity index (χ1n) is 3.77. The van der Waals surface area contributed by atoms with Gasteiger partial charge in [-0.05, 0) is 6.42 Å². The molecule has 0 aliphatic carbocycles. The van der Waals surface area contributed by atoms with Gasteiger partial charge in [0.1, 0.15) is 0 Å². The molecule has 0 radical (unpaired) electrons. The maximum absolute atomic E-state index is 12.1. The number of aliphatic hydroxyl groups excluding tert-OH is 1. The van der Waals surface area contributed by atoms with Gasteiger partial charge in [0, 0.05) is 6.20 Å². The third-order valence-electron chi connectivity index (χ3n) is 1.48. The molecule has 0 saturated carbocycles. The molecule has 1 rings (SSSR count). The number of halogens is 3. The zero-order valence-electron chi connectivity index (χ0n) is 7.08. The molecule has 14 heavy (non-hydrogen) atoms. The Bertz CT molecular complexity index is 321. The Hall–Kier alpha value is -0.880. The molecule has 0 aliphatic rings. The molecule has 0 bridgehead atoms. The second kappa shape index (κ2) is 4.10. The summed E-state index contributed by atoms with van der Waals surface area (Å²) < 4.78 is 36.3. The number of thiazole rings is 1. The van der Waals surface area contributed by atoms with Crippen molar-refractivity contribution in [3.63, 3.8) is 0 Å².